The molecule has 0 unspecified atom stereocenters. The summed E-state index contributed by atoms with van der Waals surface area (Å²) in [5.41, 5.74) is 0.310. The van der Waals surface area contributed by atoms with Crippen molar-refractivity contribution in [2.24, 2.45) is 0 Å². The van der Waals surface area contributed by atoms with Crippen LogP contribution in [0.5, 0.6) is 0 Å². The summed E-state index contributed by atoms with van der Waals surface area (Å²) in [4.78, 5) is 29.9. The summed E-state index contributed by atoms with van der Waals surface area (Å²) in [6.07, 6.45) is 3.58. The highest BCUT2D eigenvalue weighted by Crippen LogP contribution is 2.34. The second-order valence-corrected chi connectivity index (χ2v) is 4.06. The lowest BCUT2D eigenvalue weighted by Gasteiger charge is -2.04. The lowest BCUT2D eigenvalue weighted by atomic mass is 10.5. The van der Waals surface area contributed by atoms with Gasteiger partial charge in [-0.25, -0.2) is 9.78 Å². The standard InChI is InChI=1S/C10H12N4O2/c1-2-13-5-11-8-7(13)9(15)12-10(16)14(8)6-3-4-6/h5-6H,2-4H2,1H3,(H,12,15,16). The van der Waals surface area contributed by atoms with E-state index in [1.807, 2.05) is 6.92 Å². The molecule has 1 aliphatic rings. The summed E-state index contributed by atoms with van der Waals surface area (Å²) in [6, 6.07) is 0.215. The maximum atomic E-state index is 11.7. The lowest BCUT2D eigenvalue weighted by Crippen LogP contribution is -2.30. The number of nitrogens with zero attached hydrogens (tertiary/aromatic N) is 3. The smallest absolute Gasteiger partial charge is 0.325 e. The van der Waals surface area contributed by atoms with Crippen LogP contribution in [0.3, 0.4) is 0 Å². The molecule has 6 nitrogen and oxygen atoms in total. The van der Waals surface area contributed by atoms with E-state index in [1.54, 1.807) is 15.5 Å². The van der Waals surface area contributed by atoms with Crippen LogP contribution in [0.4, 0.5) is 0 Å². The number of hydrogen-bond acceptors (Lipinski definition) is 3. The van der Waals surface area contributed by atoms with Gasteiger partial charge >= 0.3 is 5.69 Å². The molecule has 0 spiro atoms. The minimum atomic E-state index is -0.351. The van der Waals surface area contributed by atoms with Gasteiger partial charge in [-0.05, 0) is 19.8 Å². The van der Waals surface area contributed by atoms with Crippen molar-refractivity contribution in [1.82, 2.24) is 19.1 Å². The fourth-order valence-corrected chi connectivity index (χ4v) is 2.00. The molecular formula is C10H12N4O2. The van der Waals surface area contributed by atoms with Crippen LogP contribution in [0.2, 0.25) is 0 Å². The molecule has 6 heteroatoms. The number of hydrogen-bond donors (Lipinski definition) is 1. The van der Waals surface area contributed by atoms with Crippen molar-refractivity contribution in [3.05, 3.63) is 27.2 Å². The van der Waals surface area contributed by atoms with E-state index >= 15 is 0 Å². The minimum absolute atomic E-state index is 0.215. The highest BCUT2D eigenvalue weighted by Gasteiger charge is 2.28. The number of imidazole rings is 1. The molecule has 0 radical (unpaired) electrons. The zero-order valence-electron chi connectivity index (χ0n) is 8.93. The van der Waals surface area contributed by atoms with E-state index in [0.717, 1.165) is 12.8 Å². The molecule has 0 aromatic carbocycles. The third-order valence-corrected chi connectivity index (χ3v) is 2.95. The van der Waals surface area contributed by atoms with Gasteiger partial charge in [0.15, 0.2) is 11.2 Å². The summed E-state index contributed by atoms with van der Waals surface area (Å²) in [5, 5.41) is 0. The average Bonchev–Trinajstić information content (AvgIpc) is 2.96. The summed E-state index contributed by atoms with van der Waals surface area (Å²) in [7, 11) is 0. The van der Waals surface area contributed by atoms with Gasteiger partial charge in [0.25, 0.3) is 5.56 Å². The SMILES string of the molecule is CCn1cnc2c1c(=O)[nH]c(=O)n2C1CC1. The summed E-state index contributed by atoms with van der Waals surface area (Å²) >= 11 is 0. The summed E-state index contributed by atoms with van der Waals surface area (Å²) in [6.45, 7) is 2.61. The highest BCUT2D eigenvalue weighted by atomic mass is 16.2. The largest absolute Gasteiger partial charge is 0.330 e. The van der Waals surface area contributed by atoms with Crippen LogP contribution in [0.1, 0.15) is 25.8 Å². The van der Waals surface area contributed by atoms with E-state index in [-0.39, 0.29) is 17.3 Å². The molecule has 0 saturated heterocycles. The quantitative estimate of drug-likeness (QED) is 0.788. The first-order valence-electron chi connectivity index (χ1n) is 5.42. The van der Waals surface area contributed by atoms with Crippen molar-refractivity contribution >= 4 is 11.2 Å². The molecule has 2 aromatic rings. The van der Waals surface area contributed by atoms with Crippen LogP contribution < -0.4 is 11.2 Å². The number of nitrogens with one attached hydrogen (secondary N) is 1. The molecule has 1 fully saturated rings. The second-order valence-electron chi connectivity index (χ2n) is 4.06. The zero-order chi connectivity index (χ0) is 11.3. The number of aromatic nitrogens is 4. The van der Waals surface area contributed by atoms with Gasteiger partial charge in [0.1, 0.15) is 0 Å². The first-order valence-corrected chi connectivity index (χ1v) is 5.42. The van der Waals surface area contributed by atoms with Crippen molar-refractivity contribution < 1.29 is 0 Å². The lowest BCUT2D eigenvalue weighted by molar-refractivity contribution is 0.699. The van der Waals surface area contributed by atoms with Crippen LogP contribution in [-0.4, -0.2) is 19.1 Å². The minimum Gasteiger partial charge on any atom is -0.325 e. The van der Waals surface area contributed by atoms with Crippen LogP contribution in [0, 0.1) is 0 Å². The number of aryl methyl sites for hydroxylation is 1. The third kappa shape index (κ3) is 1.16. The fourth-order valence-electron chi connectivity index (χ4n) is 2.00. The maximum Gasteiger partial charge on any atom is 0.330 e. The summed E-state index contributed by atoms with van der Waals surface area (Å²) < 4.78 is 3.36. The van der Waals surface area contributed by atoms with Crippen LogP contribution in [0.15, 0.2) is 15.9 Å². The van der Waals surface area contributed by atoms with Crippen LogP contribution >= 0.6 is 0 Å². The molecule has 16 heavy (non-hydrogen) atoms. The number of aromatic amines is 1. The monoisotopic (exact) mass is 220 g/mol. The molecule has 84 valence electrons. The molecule has 0 amide bonds. The fraction of sp³-hybridized carbons (Fsp3) is 0.500. The van der Waals surface area contributed by atoms with E-state index in [1.165, 1.54) is 0 Å². The van der Waals surface area contributed by atoms with Gasteiger partial charge in [-0.2, -0.15) is 0 Å². The van der Waals surface area contributed by atoms with Gasteiger partial charge in [0.05, 0.1) is 6.33 Å². The molecule has 3 rings (SSSR count). The first-order chi connectivity index (χ1) is 7.72. The highest BCUT2D eigenvalue weighted by molar-refractivity contribution is 5.70. The second kappa shape index (κ2) is 3.07. The van der Waals surface area contributed by atoms with Gasteiger partial charge in [-0.15, -0.1) is 0 Å². The topological polar surface area (TPSA) is 72.7 Å². The van der Waals surface area contributed by atoms with Gasteiger partial charge in [-0.3, -0.25) is 14.3 Å². The molecular weight excluding hydrogens is 208 g/mol. The molecule has 1 saturated carbocycles. The van der Waals surface area contributed by atoms with Gasteiger partial charge in [0, 0.05) is 12.6 Å². The molecule has 0 aliphatic heterocycles. The Morgan fingerprint density at radius 1 is 1.50 bits per heavy atom. The van der Waals surface area contributed by atoms with E-state index in [9.17, 15) is 9.59 Å². The van der Waals surface area contributed by atoms with E-state index in [4.69, 9.17) is 0 Å². The normalized spacial score (nSPS) is 15.8. The van der Waals surface area contributed by atoms with Crippen LogP contribution in [-0.2, 0) is 6.54 Å². The van der Waals surface area contributed by atoms with Crippen molar-refractivity contribution in [3.63, 3.8) is 0 Å². The molecule has 2 heterocycles. The van der Waals surface area contributed by atoms with Crippen LogP contribution in [0.25, 0.3) is 11.2 Å². The Balaban J connectivity index is 2.46. The van der Waals surface area contributed by atoms with Crippen molar-refractivity contribution in [3.8, 4) is 0 Å². The predicted molar refractivity (Wildman–Crippen MR) is 58.6 cm³/mol. The van der Waals surface area contributed by atoms with Gasteiger partial charge < -0.3 is 4.57 Å². The Labute approximate surface area is 90.5 Å². The Morgan fingerprint density at radius 3 is 2.88 bits per heavy atom. The van der Waals surface area contributed by atoms with Gasteiger partial charge in [-0.1, -0.05) is 0 Å². The van der Waals surface area contributed by atoms with Crippen molar-refractivity contribution in [2.45, 2.75) is 32.4 Å². The first kappa shape index (κ1) is 9.38. The average molecular weight is 220 g/mol. The molecule has 0 bridgehead atoms. The van der Waals surface area contributed by atoms with Gasteiger partial charge in [0.2, 0.25) is 0 Å². The van der Waals surface area contributed by atoms with Crippen molar-refractivity contribution in [1.29, 1.82) is 0 Å². The van der Waals surface area contributed by atoms with E-state index < -0.39 is 0 Å². The Morgan fingerprint density at radius 2 is 2.25 bits per heavy atom. The molecule has 1 aliphatic carbocycles. The number of fused-ring (bicyclic) bond motifs is 1. The number of rotatable bonds is 2. The Hall–Kier alpha value is -1.85. The van der Waals surface area contributed by atoms with Crippen molar-refractivity contribution in [2.75, 3.05) is 0 Å². The van der Waals surface area contributed by atoms with E-state index in [2.05, 4.69) is 9.97 Å². The maximum absolute atomic E-state index is 11.7. The third-order valence-electron chi connectivity index (χ3n) is 2.95. The molecule has 1 N–H and O–H groups in total. The Bertz CT molecular complexity index is 659. The number of H-pyrrole nitrogens is 1. The molecule has 0 atom stereocenters. The van der Waals surface area contributed by atoms with E-state index in [0.29, 0.717) is 17.7 Å². The Kier molecular flexibility index (Phi) is 1.80. The predicted octanol–water partition coefficient (Wildman–Crippen LogP) is 0.241. The molecule has 2 aromatic heterocycles. The zero-order valence-corrected chi connectivity index (χ0v) is 8.93. The summed E-state index contributed by atoms with van der Waals surface area (Å²) in [5.74, 6) is 0.